The summed E-state index contributed by atoms with van der Waals surface area (Å²) in [6.45, 7) is 2.69. The molecule has 0 saturated carbocycles. The SMILES string of the molecule is CC(NCc1ccc(N2CCC(F)(F)C2)cn1)c1ncccn1. The molecule has 122 valence electrons. The van der Waals surface area contributed by atoms with E-state index in [1.54, 1.807) is 29.6 Å². The Bertz CT molecular complexity index is 633. The summed E-state index contributed by atoms with van der Waals surface area (Å²) in [6, 6.07) is 5.49. The number of nitrogens with zero attached hydrogens (tertiary/aromatic N) is 4. The second-order valence-electron chi connectivity index (χ2n) is 5.74. The van der Waals surface area contributed by atoms with Crippen molar-refractivity contribution in [3.8, 4) is 0 Å². The number of aromatic nitrogens is 3. The van der Waals surface area contributed by atoms with E-state index >= 15 is 0 Å². The molecule has 1 N–H and O–H groups in total. The molecule has 5 nitrogen and oxygen atoms in total. The fraction of sp³-hybridized carbons (Fsp3) is 0.438. The third-order valence-corrected chi connectivity index (χ3v) is 3.91. The van der Waals surface area contributed by atoms with Gasteiger partial charge in [0.1, 0.15) is 5.82 Å². The van der Waals surface area contributed by atoms with Crippen LogP contribution in [-0.4, -0.2) is 34.0 Å². The van der Waals surface area contributed by atoms with Gasteiger partial charge in [0.05, 0.1) is 30.2 Å². The average molecular weight is 319 g/mol. The molecule has 1 aliphatic rings. The van der Waals surface area contributed by atoms with E-state index in [0.29, 0.717) is 13.1 Å². The van der Waals surface area contributed by atoms with Crippen LogP contribution in [0.15, 0.2) is 36.8 Å². The lowest BCUT2D eigenvalue weighted by molar-refractivity contribution is 0.0257. The second kappa shape index (κ2) is 6.54. The van der Waals surface area contributed by atoms with E-state index in [0.717, 1.165) is 17.2 Å². The third kappa shape index (κ3) is 3.98. The lowest BCUT2D eigenvalue weighted by Gasteiger charge is -2.18. The molecule has 3 rings (SSSR count). The summed E-state index contributed by atoms with van der Waals surface area (Å²) < 4.78 is 26.5. The first kappa shape index (κ1) is 15.7. The first-order valence-electron chi connectivity index (χ1n) is 7.61. The first-order chi connectivity index (χ1) is 11.0. The number of rotatable bonds is 5. The zero-order valence-corrected chi connectivity index (χ0v) is 12.9. The third-order valence-electron chi connectivity index (χ3n) is 3.91. The fourth-order valence-electron chi connectivity index (χ4n) is 2.55. The van der Waals surface area contributed by atoms with Crippen molar-refractivity contribution >= 4 is 5.69 Å². The molecule has 1 fully saturated rings. The molecular weight excluding hydrogens is 300 g/mol. The number of alkyl halides is 2. The van der Waals surface area contributed by atoms with Crippen LogP contribution in [0.2, 0.25) is 0 Å². The van der Waals surface area contributed by atoms with Crippen molar-refractivity contribution in [3.05, 3.63) is 48.3 Å². The molecule has 1 unspecified atom stereocenters. The van der Waals surface area contributed by atoms with Crippen molar-refractivity contribution in [1.82, 2.24) is 20.3 Å². The number of anilines is 1. The highest BCUT2D eigenvalue weighted by molar-refractivity contribution is 5.46. The van der Waals surface area contributed by atoms with Gasteiger partial charge in [-0.05, 0) is 25.1 Å². The molecule has 1 saturated heterocycles. The molecule has 0 amide bonds. The summed E-state index contributed by atoms with van der Waals surface area (Å²) in [6.07, 6.45) is 4.98. The van der Waals surface area contributed by atoms with E-state index in [4.69, 9.17) is 0 Å². The smallest absolute Gasteiger partial charge is 0.266 e. The Morgan fingerprint density at radius 1 is 1.26 bits per heavy atom. The van der Waals surface area contributed by atoms with Gasteiger partial charge in [0.25, 0.3) is 5.92 Å². The average Bonchev–Trinajstić information content (AvgIpc) is 2.94. The topological polar surface area (TPSA) is 53.9 Å². The predicted octanol–water partition coefficient (Wildman–Crippen LogP) is 2.57. The molecule has 0 bridgehead atoms. The highest BCUT2D eigenvalue weighted by Crippen LogP contribution is 2.30. The quantitative estimate of drug-likeness (QED) is 0.918. The van der Waals surface area contributed by atoms with Gasteiger partial charge < -0.3 is 10.2 Å². The van der Waals surface area contributed by atoms with Gasteiger partial charge in [-0.25, -0.2) is 18.7 Å². The summed E-state index contributed by atoms with van der Waals surface area (Å²) in [5, 5.41) is 3.30. The van der Waals surface area contributed by atoms with Crippen LogP contribution < -0.4 is 10.2 Å². The lowest BCUT2D eigenvalue weighted by atomic mass is 10.2. The molecule has 0 radical (unpaired) electrons. The summed E-state index contributed by atoms with van der Waals surface area (Å²) in [7, 11) is 0. The van der Waals surface area contributed by atoms with Crippen molar-refractivity contribution < 1.29 is 8.78 Å². The maximum Gasteiger partial charge on any atom is 0.266 e. The van der Waals surface area contributed by atoms with E-state index in [-0.39, 0.29) is 19.0 Å². The molecule has 1 atom stereocenters. The molecule has 0 aromatic carbocycles. The molecule has 2 aromatic rings. The normalized spacial score (nSPS) is 18.1. The standard InChI is InChI=1S/C16H19F2N5/c1-12(15-19-6-2-7-20-15)21-9-13-3-4-14(10-22-13)23-8-5-16(17,18)11-23/h2-4,6-7,10,12,21H,5,8-9,11H2,1H3. The van der Waals surface area contributed by atoms with Crippen LogP contribution in [0.4, 0.5) is 14.5 Å². The zero-order chi connectivity index (χ0) is 16.3. The Hall–Kier alpha value is -2.15. The number of hydrogen-bond donors (Lipinski definition) is 1. The minimum atomic E-state index is -2.59. The highest BCUT2D eigenvalue weighted by atomic mass is 19.3. The van der Waals surface area contributed by atoms with Crippen LogP contribution in [0.5, 0.6) is 0 Å². The van der Waals surface area contributed by atoms with Crippen LogP contribution >= 0.6 is 0 Å². The van der Waals surface area contributed by atoms with Gasteiger partial charge in [-0.1, -0.05) is 0 Å². The van der Waals surface area contributed by atoms with E-state index < -0.39 is 5.92 Å². The summed E-state index contributed by atoms with van der Waals surface area (Å²) in [5.41, 5.74) is 1.59. The van der Waals surface area contributed by atoms with Crippen molar-refractivity contribution in [2.45, 2.75) is 31.9 Å². The summed E-state index contributed by atoms with van der Waals surface area (Å²) in [4.78, 5) is 14.4. The minimum absolute atomic E-state index is 0.00921. The van der Waals surface area contributed by atoms with Crippen LogP contribution in [0.3, 0.4) is 0 Å². The van der Waals surface area contributed by atoms with Crippen LogP contribution in [-0.2, 0) is 6.54 Å². The van der Waals surface area contributed by atoms with E-state index in [1.165, 1.54) is 0 Å². The Morgan fingerprint density at radius 2 is 2.04 bits per heavy atom. The van der Waals surface area contributed by atoms with E-state index in [2.05, 4.69) is 20.3 Å². The Kier molecular flexibility index (Phi) is 4.47. The van der Waals surface area contributed by atoms with E-state index in [9.17, 15) is 8.78 Å². The molecule has 23 heavy (non-hydrogen) atoms. The van der Waals surface area contributed by atoms with Gasteiger partial charge in [0.15, 0.2) is 0 Å². The number of hydrogen-bond acceptors (Lipinski definition) is 5. The van der Waals surface area contributed by atoms with Crippen molar-refractivity contribution in [1.29, 1.82) is 0 Å². The molecule has 0 aliphatic carbocycles. The van der Waals surface area contributed by atoms with Crippen molar-refractivity contribution in [2.75, 3.05) is 18.0 Å². The van der Waals surface area contributed by atoms with Crippen molar-refractivity contribution in [3.63, 3.8) is 0 Å². The molecule has 1 aliphatic heterocycles. The van der Waals surface area contributed by atoms with Gasteiger partial charge in [0, 0.05) is 31.9 Å². The number of nitrogens with one attached hydrogen (secondary N) is 1. The Balaban J connectivity index is 1.56. The molecular formula is C16H19F2N5. The molecule has 7 heteroatoms. The van der Waals surface area contributed by atoms with Gasteiger partial charge in [-0.2, -0.15) is 0 Å². The molecule has 2 aromatic heterocycles. The van der Waals surface area contributed by atoms with Gasteiger partial charge in [-0.15, -0.1) is 0 Å². The number of pyridine rings is 1. The Labute approximate surface area is 133 Å². The van der Waals surface area contributed by atoms with Gasteiger partial charge in [0.2, 0.25) is 0 Å². The molecule has 0 spiro atoms. The zero-order valence-electron chi connectivity index (χ0n) is 12.9. The fourth-order valence-corrected chi connectivity index (χ4v) is 2.55. The van der Waals surface area contributed by atoms with Gasteiger partial charge >= 0.3 is 0 Å². The monoisotopic (exact) mass is 319 g/mol. The Morgan fingerprint density at radius 3 is 2.65 bits per heavy atom. The minimum Gasteiger partial charge on any atom is -0.364 e. The van der Waals surface area contributed by atoms with Gasteiger partial charge in [-0.3, -0.25) is 4.98 Å². The number of halogens is 2. The maximum absolute atomic E-state index is 13.2. The first-order valence-corrected chi connectivity index (χ1v) is 7.61. The predicted molar refractivity (Wildman–Crippen MR) is 83.3 cm³/mol. The lowest BCUT2D eigenvalue weighted by Crippen LogP contribution is -2.25. The van der Waals surface area contributed by atoms with Crippen molar-refractivity contribution in [2.24, 2.45) is 0 Å². The van der Waals surface area contributed by atoms with Crippen LogP contribution in [0.1, 0.15) is 30.9 Å². The highest BCUT2D eigenvalue weighted by Gasteiger charge is 2.38. The molecule has 3 heterocycles. The summed E-state index contributed by atoms with van der Waals surface area (Å²) >= 11 is 0. The van der Waals surface area contributed by atoms with Crippen LogP contribution in [0.25, 0.3) is 0 Å². The summed E-state index contributed by atoms with van der Waals surface area (Å²) in [5.74, 6) is -1.87. The van der Waals surface area contributed by atoms with E-state index in [1.807, 2.05) is 19.1 Å². The van der Waals surface area contributed by atoms with Crippen LogP contribution in [0, 0.1) is 0 Å². The largest absolute Gasteiger partial charge is 0.364 e. The maximum atomic E-state index is 13.2. The second-order valence-corrected chi connectivity index (χ2v) is 5.74.